The largest absolute Gasteiger partial charge is 0.445 e. The van der Waals surface area contributed by atoms with E-state index in [0.29, 0.717) is 13.0 Å². The summed E-state index contributed by atoms with van der Waals surface area (Å²) in [6.07, 6.45) is -0.110. The van der Waals surface area contributed by atoms with Crippen LogP contribution in [0.15, 0.2) is 54.6 Å². The van der Waals surface area contributed by atoms with Crippen molar-refractivity contribution in [2.24, 2.45) is 0 Å². The zero-order chi connectivity index (χ0) is 16.2. The second-order valence-electron chi connectivity index (χ2n) is 5.46. The maximum atomic E-state index is 12.4. The van der Waals surface area contributed by atoms with Gasteiger partial charge in [0.05, 0.1) is 6.54 Å². The van der Waals surface area contributed by atoms with Crippen molar-refractivity contribution in [3.8, 4) is 0 Å². The van der Waals surface area contributed by atoms with Gasteiger partial charge in [-0.25, -0.2) is 4.79 Å². The predicted octanol–water partition coefficient (Wildman–Crippen LogP) is 3.52. The molecule has 2 aromatic carbocycles. The minimum Gasteiger partial charge on any atom is -0.445 e. The van der Waals surface area contributed by atoms with E-state index in [1.54, 1.807) is 0 Å². The lowest BCUT2D eigenvalue weighted by atomic mass is 9.95. The fourth-order valence-electron chi connectivity index (χ4n) is 2.72. The van der Waals surface area contributed by atoms with Gasteiger partial charge < -0.3 is 4.74 Å². The van der Waals surface area contributed by atoms with Crippen molar-refractivity contribution in [3.05, 3.63) is 71.3 Å². The molecular formula is C18H16ClNO3. The Morgan fingerprint density at radius 3 is 2.39 bits per heavy atom. The molecule has 0 N–H and O–H groups in total. The number of amides is 1. The second kappa shape index (κ2) is 6.84. The van der Waals surface area contributed by atoms with Gasteiger partial charge >= 0.3 is 6.09 Å². The number of rotatable bonds is 3. The van der Waals surface area contributed by atoms with E-state index in [9.17, 15) is 9.59 Å². The molecule has 0 fully saturated rings. The topological polar surface area (TPSA) is 46.6 Å². The van der Waals surface area contributed by atoms with Gasteiger partial charge in [-0.15, -0.1) is 0 Å². The molecule has 23 heavy (non-hydrogen) atoms. The number of hydrogen-bond acceptors (Lipinski definition) is 3. The quantitative estimate of drug-likeness (QED) is 0.809. The monoisotopic (exact) mass is 329 g/mol. The molecule has 118 valence electrons. The fourth-order valence-corrected chi connectivity index (χ4v) is 2.91. The van der Waals surface area contributed by atoms with Crippen LogP contribution in [0.2, 0.25) is 0 Å². The van der Waals surface area contributed by atoms with Gasteiger partial charge in [0.2, 0.25) is 5.24 Å². The maximum Gasteiger partial charge on any atom is 0.411 e. The van der Waals surface area contributed by atoms with Crippen molar-refractivity contribution in [1.29, 1.82) is 0 Å². The van der Waals surface area contributed by atoms with Gasteiger partial charge in [0, 0.05) is 6.42 Å². The molecule has 0 bridgehead atoms. The van der Waals surface area contributed by atoms with Gasteiger partial charge in [0.25, 0.3) is 0 Å². The summed E-state index contributed by atoms with van der Waals surface area (Å²) in [5, 5.41) is -0.545. The molecule has 0 radical (unpaired) electrons. The lowest BCUT2D eigenvalue weighted by Crippen LogP contribution is -2.47. The van der Waals surface area contributed by atoms with Crippen LogP contribution in [-0.4, -0.2) is 22.3 Å². The van der Waals surface area contributed by atoms with Crippen molar-refractivity contribution in [1.82, 2.24) is 4.90 Å². The minimum absolute atomic E-state index is 0.168. The number of ether oxygens (including phenoxy) is 1. The van der Waals surface area contributed by atoms with Crippen molar-refractivity contribution in [2.75, 3.05) is 0 Å². The van der Waals surface area contributed by atoms with E-state index in [0.717, 1.165) is 16.7 Å². The molecule has 0 aliphatic carbocycles. The summed E-state index contributed by atoms with van der Waals surface area (Å²) < 4.78 is 5.34. The Bertz CT molecular complexity index is 717. The lowest BCUT2D eigenvalue weighted by molar-refractivity contribution is -0.116. The van der Waals surface area contributed by atoms with E-state index in [1.165, 1.54) is 4.90 Å². The maximum absolute atomic E-state index is 12.4. The standard InChI is InChI=1S/C18H16ClNO3/c19-17(21)16-10-14-8-4-5-9-15(14)11-20(16)18(22)23-12-13-6-2-1-3-7-13/h1-9,16H,10-12H2. The van der Waals surface area contributed by atoms with Crippen molar-refractivity contribution in [3.63, 3.8) is 0 Å². The van der Waals surface area contributed by atoms with Crippen LogP contribution in [0.1, 0.15) is 16.7 Å². The molecule has 1 aliphatic heterocycles. The molecule has 1 atom stereocenters. The highest BCUT2D eigenvalue weighted by molar-refractivity contribution is 6.64. The van der Waals surface area contributed by atoms with Gasteiger partial charge in [-0.05, 0) is 28.3 Å². The zero-order valence-electron chi connectivity index (χ0n) is 12.4. The Hall–Kier alpha value is -2.33. The zero-order valence-corrected chi connectivity index (χ0v) is 13.2. The molecule has 1 amide bonds. The smallest absolute Gasteiger partial charge is 0.411 e. The molecule has 1 aliphatic rings. The summed E-state index contributed by atoms with van der Waals surface area (Å²) in [7, 11) is 0. The molecule has 1 unspecified atom stereocenters. The summed E-state index contributed by atoms with van der Waals surface area (Å²) in [5.41, 5.74) is 2.95. The number of fused-ring (bicyclic) bond motifs is 1. The molecule has 0 spiro atoms. The van der Waals surface area contributed by atoms with Crippen LogP contribution in [0.4, 0.5) is 4.79 Å². The van der Waals surface area contributed by atoms with Crippen LogP contribution in [0.5, 0.6) is 0 Å². The number of carbonyl (C=O) groups is 2. The molecule has 4 nitrogen and oxygen atoms in total. The number of nitrogens with zero attached hydrogens (tertiary/aromatic N) is 1. The first-order valence-electron chi connectivity index (χ1n) is 7.38. The molecule has 0 saturated carbocycles. The van der Waals surface area contributed by atoms with Crippen LogP contribution in [0.25, 0.3) is 0 Å². The van der Waals surface area contributed by atoms with Crippen LogP contribution >= 0.6 is 11.6 Å². The van der Waals surface area contributed by atoms with Crippen LogP contribution in [0.3, 0.4) is 0 Å². The summed E-state index contributed by atoms with van der Waals surface area (Å²) in [6, 6.07) is 16.5. The highest BCUT2D eigenvalue weighted by atomic mass is 35.5. The van der Waals surface area contributed by atoms with Gasteiger partial charge in [-0.1, -0.05) is 54.6 Å². The highest BCUT2D eigenvalue weighted by Crippen LogP contribution is 2.25. The van der Waals surface area contributed by atoms with E-state index < -0.39 is 17.4 Å². The molecule has 3 rings (SSSR count). The predicted molar refractivity (Wildman–Crippen MR) is 87.0 cm³/mol. The third-order valence-electron chi connectivity index (χ3n) is 3.95. The molecule has 2 aromatic rings. The van der Waals surface area contributed by atoms with Gasteiger partial charge in [0.1, 0.15) is 12.6 Å². The Kier molecular flexibility index (Phi) is 4.63. The normalized spacial score (nSPS) is 16.6. The molecule has 5 heteroatoms. The average molecular weight is 330 g/mol. The van der Waals surface area contributed by atoms with E-state index in [4.69, 9.17) is 16.3 Å². The molecule has 0 aromatic heterocycles. The average Bonchev–Trinajstić information content (AvgIpc) is 2.59. The highest BCUT2D eigenvalue weighted by Gasteiger charge is 2.34. The van der Waals surface area contributed by atoms with E-state index in [-0.39, 0.29) is 6.61 Å². The SMILES string of the molecule is O=C(Cl)C1Cc2ccccc2CN1C(=O)OCc1ccccc1. The van der Waals surface area contributed by atoms with Crippen molar-refractivity contribution < 1.29 is 14.3 Å². The summed E-state index contributed by atoms with van der Waals surface area (Å²) in [6.45, 7) is 0.494. The fraction of sp³-hybridized carbons (Fsp3) is 0.222. The number of benzene rings is 2. The van der Waals surface area contributed by atoms with E-state index in [1.807, 2.05) is 54.6 Å². The Balaban J connectivity index is 1.74. The summed E-state index contributed by atoms with van der Waals surface area (Å²) >= 11 is 5.69. The lowest BCUT2D eigenvalue weighted by Gasteiger charge is -2.33. The van der Waals surface area contributed by atoms with E-state index >= 15 is 0 Å². The molecule has 0 saturated heterocycles. The first-order valence-corrected chi connectivity index (χ1v) is 7.76. The van der Waals surface area contributed by atoms with E-state index in [2.05, 4.69) is 0 Å². The molecule has 1 heterocycles. The third-order valence-corrected chi connectivity index (χ3v) is 4.20. The van der Waals surface area contributed by atoms with Crippen molar-refractivity contribution in [2.45, 2.75) is 25.6 Å². The van der Waals surface area contributed by atoms with Gasteiger partial charge in [-0.3, -0.25) is 9.69 Å². The number of carbonyl (C=O) groups excluding carboxylic acids is 2. The van der Waals surface area contributed by atoms with Crippen LogP contribution in [0, 0.1) is 0 Å². The van der Waals surface area contributed by atoms with Crippen LogP contribution in [-0.2, 0) is 29.1 Å². The van der Waals surface area contributed by atoms with Gasteiger partial charge in [-0.2, -0.15) is 0 Å². The minimum atomic E-state index is -0.685. The Labute approximate surface area is 139 Å². The van der Waals surface area contributed by atoms with Gasteiger partial charge in [0.15, 0.2) is 0 Å². The second-order valence-corrected chi connectivity index (χ2v) is 5.83. The summed E-state index contributed by atoms with van der Waals surface area (Å²) in [4.78, 5) is 25.5. The first-order chi connectivity index (χ1) is 11.1. The molecular weight excluding hydrogens is 314 g/mol. The third kappa shape index (κ3) is 3.54. The summed E-state index contributed by atoms with van der Waals surface area (Å²) in [5.74, 6) is 0. The first kappa shape index (κ1) is 15.6. The number of hydrogen-bond donors (Lipinski definition) is 0. The van der Waals surface area contributed by atoms with Crippen LogP contribution < -0.4 is 0 Å². The Morgan fingerprint density at radius 2 is 1.70 bits per heavy atom. The number of halogens is 1. The van der Waals surface area contributed by atoms with Crippen molar-refractivity contribution >= 4 is 22.9 Å². The Morgan fingerprint density at radius 1 is 1.04 bits per heavy atom.